The Kier molecular flexibility index (Phi) is 7.05. The first-order valence-electron chi connectivity index (χ1n) is 8.66. The van der Waals surface area contributed by atoms with Crippen LogP contribution in [0, 0.1) is 17.0 Å². The molecule has 0 bridgehead atoms. The van der Waals surface area contributed by atoms with Crippen LogP contribution >= 0.6 is 0 Å². The largest absolute Gasteiger partial charge is 0.454 e. The summed E-state index contributed by atoms with van der Waals surface area (Å²) in [6.45, 7) is 3.85. The molecule has 0 spiro atoms. The van der Waals surface area contributed by atoms with Gasteiger partial charge in [-0.15, -0.1) is 0 Å². The molecule has 0 aromatic heterocycles. The van der Waals surface area contributed by atoms with Gasteiger partial charge in [-0.25, -0.2) is 0 Å². The van der Waals surface area contributed by atoms with E-state index in [9.17, 15) is 19.7 Å². The molecule has 0 saturated carbocycles. The fourth-order valence-corrected chi connectivity index (χ4v) is 2.50. The van der Waals surface area contributed by atoms with Gasteiger partial charge in [0.25, 0.3) is 5.69 Å². The number of aryl methyl sites for hydroxylation is 1. The highest BCUT2D eigenvalue weighted by atomic mass is 16.6. The maximum absolute atomic E-state index is 12.3. The van der Waals surface area contributed by atoms with Crippen LogP contribution in [0.25, 0.3) is 0 Å². The molecule has 0 radical (unpaired) electrons. The van der Waals surface area contributed by atoms with Crippen LogP contribution < -0.4 is 5.32 Å². The second kappa shape index (κ2) is 9.47. The number of carbonyl (C=O) groups excluding carboxylic acids is 2. The number of benzene rings is 2. The van der Waals surface area contributed by atoms with Gasteiger partial charge in [0.15, 0.2) is 6.10 Å². The van der Waals surface area contributed by atoms with E-state index in [0.29, 0.717) is 24.2 Å². The zero-order chi connectivity index (χ0) is 19.8. The highest BCUT2D eigenvalue weighted by Crippen LogP contribution is 2.23. The number of Topliss-reactive ketones (excluding diaryl/α,β-unsaturated/α-hetero) is 1. The van der Waals surface area contributed by atoms with Crippen LogP contribution in [-0.2, 0) is 9.53 Å². The zero-order valence-corrected chi connectivity index (χ0v) is 15.3. The van der Waals surface area contributed by atoms with Gasteiger partial charge >= 0.3 is 5.97 Å². The van der Waals surface area contributed by atoms with Crippen LogP contribution in [-0.4, -0.2) is 29.3 Å². The van der Waals surface area contributed by atoms with Gasteiger partial charge in [0, 0.05) is 24.6 Å². The molecule has 0 aliphatic carbocycles. The van der Waals surface area contributed by atoms with Crippen molar-refractivity contribution in [2.75, 3.05) is 11.9 Å². The number of nitrogens with zero attached hydrogens (tertiary/aromatic N) is 1. The van der Waals surface area contributed by atoms with Crippen LogP contribution in [0.15, 0.2) is 48.5 Å². The summed E-state index contributed by atoms with van der Waals surface area (Å²) in [5.74, 6) is -0.728. The van der Waals surface area contributed by atoms with Crippen molar-refractivity contribution in [3.05, 3.63) is 69.8 Å². The van der Waals surface area contributed by atoms with E-state index >= 15 is 0 Å². The van der Waals surface area contributed by atoms with Crippen molar-refractivity contribution in [1.82, 2.24) is 0 Å². The third kappa shape index (κ3) is 5.91. The van der Waals surface area contributed by atoms with E-state index in [1.54, 1.807) is 37.3 Å². The fraction of sp³-hybridized carbons (Fsp3) is 0.300. The molecule has 7 nitrogen and oxygen atoms in total. The van der Waals surface area contributed by atoms with Gasteiger partial charge in [-0.05, 0) is 26.3 Å². The van der Waals surface area contributed by atoms with Gasteiger partial charge in [0.2, 0.25) is 5.78 Å². The molecule has 0 heterocycles. The molecule has 27 heavy (non-hydrogen) atoms. The van der Waals surface area contributed by atoms with Crippen LogP contribution in [0.1, 0.15) is 35.7 Å². The minimum Gasteiger partial charge on any atom is -0.454 e. The Labute approximate surface area is 157 Å². The van der Waals surface area contributed by atoms with Crippen molar-refractivity contribution in [3.63, 3.8) is 0 Å². The first kappa shape index (κ1) is 20.1. The summed E-state index contributed by atoms with van der Waals surface area (Å²) in [6, 6.07) is 13.4. The number of nitro benzene ring substituents is 1. The lowest BCUT2D eigenvalue weighted by molar-refractivity contribution is -0.384. The fourth-order valence-electron chi connectivity index (χ4n) is 2.50. The number of nitrogens with one attached hydrogen (secondary N) is 1. The molecule has 0 unspecified atom stereocenters. The molecular weight excluding hydrogens is 348 g/mol. The van der Waals surface area contributed by atoms with Crippen LogP contribution in [0.5, 0.6) is 0 Å². The smallest absolute Gasteiger partial charge is 0.306 e. The van der Waals surface area contributed by atoms with Crippen LogP contribution in [0.2, 0.25) is 0 Å². The third-order valence-corrected chi connectivity index (χ3v) is 3.99. The summed E-state index contributed by atoms with van der Waals surface area (Å²) in [4.78, 5) is 34.7. The minimum absolute atomic E-state index is 0.0163. The van der Waals surface area contributed by atoms with Gasteiger partial charge in [0.05, 0.1) is 4.92 Å². The Morgan fingerprint density at radius 1 is 1.15 bits per heavy atom. The van der Waals surface area contributed by atoms with Crippen LogP contribution in [0.4, 0.5) is 11.4 Å². The zero-order valence-electron chi connectivity index (χ0n) is 15.3. The highest BCUT2D eigenvalue weighted by molar-refractivity contribution is 6.00. The molecule has 0 amide bonds. The monoisotopic (exact) mass is 370 g/mol. The Morgan fingerprint density at radius 3 is 2.48 bits per heavy atom. The van der Waals surface area contributed by atoms with E-state index in [4.69, 9.17) is 4.74 Å². The Morgan fingerprint density at radius 2 is 1.81 bits per heavy atom. The number of nitro groups is 1. The first-order chi connectivity index (χ1) is 12.9. The Bertz CT molecular complexity index is 817. The van der Waals surface area contributed by atoms with Crippen molar-refractivity contribution in [3.8, 4) is 0 Å². The minimum atomic E-state index is -0.858. The predicted molar refractivity (Wildman–Crippen MR) is 102 cm³/mol. The summed E-state index contributed by atoms with van der Waals surface area (Å²) >= 11 is 0. The maximum Gasteiger partial charge on any atom is 0.306 e. The molecule has 1 atom stereocenters. The first-order valence-corrected chi connectivity index (χ1v) is 8.66. The molecule has 2 aromatic rings. The number of ether oxygens (including phenoxy) is 1. The molecule has 0 aliphatic heterocycles. The average Bonchev–Trinajstić information content (AvgIpc) is 2.65. The molecular formula is C20H22N2O5. The van der Waals surface area contributed by atoms with Gasteiger partial charge in [-0.3, -0.25) is 19.7 Å². The summed E-state index contributed by atoms with van der Waals surface area (Å²) in [5, 5.41) is 13.9. The van der Waals surface area contributed by atoms with E-state index in [1.165, 1.54) is 6.07 Å². The van der Waals surface area contributed by atoms with Gasteiger partial charge in [-0.2, -0.15) is 0 Å². The highest BCUT2D eigenvalue weighted by Gasteiger charge is 2.19. The van der Waals surface area contributed by atoms with Crippen molar-refractivity contribution in [1.29, 1.82) is 0 Å². The Hall–Kier alpha value is -3.22. The molecule has 0 fully saturated rings. The summed E-state index contributed by atoms with van der Waals surface area (Å²) in [7, 11) is 0. The van der Waals surface area contributed by atoms with Crippen molar-refractivity contribution in [2.45, 2.75) is 32.8 Å². The lowest BCUT2D eigenvalue weighted by Crippen LogP contribution is -2.24. The van der Waals surface area contributed by atoms with Crippen molar-refractivity contribution in [2.24, 2.45) is 0 Å². The molecule has 0 saturated heterocycles. The lowest BCUT2D eigenvalue weighted by Gasteiger charge is -2.13. The van der Waals surface area contributed by atoms with Gasteiger partial charge < -0.3 is 10.1 Å². The molecule has 1 N–H and O–H groups in total. The third-order valence-electron chi connectivity index (χ3n) is 3.99. The number of rotatable bonds is 9. The Balaban J connectivity index is 1.77. The van der Waals surface area contributed by atoms with Crippen molar-refractivity contribution < 1.29 is 19.2 Å². The summed E-state index contributed by atoms with van der Waals surface area (Å²) in [6.07, 6.45) is -0.321. The number of ketones is 1. The molecule has 0 aliphatic rings. The van der Waals surface area contributed by atoms with Crippen LogP contribution in [0.3, 0.4) is 0 Å². The normalized spacial score (nSPS) is 11.5. The SMILES string of the molecule is Cc1ccc(C(=O)[C@@H](C)OC(=O)CCCNc2ccccc2[N+](=O)[O-])cc1. The quantitative estimate of drug-likeness (QED) is 0.236. The molecule has 2 aromatic carbocycles. The van der Waals surface area contributed by atoms with Crippen molar-refractivity contribution >= 4 is 23.1 Å². The number of anilines is 1. The molecule has 2 rings (SSSR count). The van der Waals surface area contributed by atoms with E-state index in [2.05, 4.69) is 5.32 Å². The van der Waals surface area contributed by atoms with Gasteiger partial charge in [-0.1, -0.05) is 42.0 Å². The number of carbonyl (C=O) groups is 2. The maximum atomic E-state index is 12.3. The van der Waals surface area contributed by atoms with E-state index < -0.39 is 17.0 Å². The standard InChI is InChI=1S/C20H22N2O5/c1-14-9-11-16(12-10-14)20(24)15(2)27-19(23)8-5-13-21-17-6-3-4-7-18(17)22(25)26/h3-4,6-7,9-12,15,21H,5,8,13H2,1-2H3/t15-/m1/s1. The average molecular weight is 370 g/mol. The predicted octanol–water partition coefficient (Wildman–Crippen LogP) is 3.91. The van der Waals surface area contributed by atoms with E-state index in [1.807, 2.05) is 19.1 Å². The lowest BCUT2D eigenvalue weighted by atomic mass is 10.1. The van der Waals surface area contributed by atoms with E-state index in [-0.39, 0.29) is 17.9 Å². The number of esters is 1. The summed E-state index contributed by atoms with van der Waals surface area (Å²) < 4.78 is 5.19. The molecule has 7 heteroatoms. The summed E-state index contributed by atoms with van der Waals surface area (Å²) in [5.41, 5.74) is 1.93. The topological polar surface area (TPSA) is 98.5 Å². The van der Waals surface area contributed by atoms with Gasteiger partial charge in [0.1, 0.15) is 5.69 Å². The second-order valence-electron chi connectivity index (χ2n) is 6.17. The molecule has 142 valence electrons. The number of para-hydroxylation sites is 2. The second-order valence-corrected chi connectivity index (χ2v) is 6.17. The number of hydrogen-bond donors (Lipinski definition) is 1. The van der Waals surface area contributed by atoms with E-state index in [0.717, 1.165) is 5.56 Å². The number of hydrogen-bond acceptors (Lipinski definition) is 6.